The molecule has 1 saturated heterocycles. The first-order valence-electron chi connectivity index (χ1n) is 8.21. The molecule has 1 atom stereocenters. The Bertz CT molecular complexity index is 727. The third-order valence-electron chi connectivity index (χ3n) is 4.58. The van der Waals surface area contributed by atoms with Crippen molar-refractivity contribution in [2.24, 2.45) is 0 Å². The summed E-state index contributed by atoms with van der Waals surface area (Å²) in [7, 11) is 3.92. The van der Waals surface area contributed by atoms with E-state index in [-0.39, 0.29) is 12.5 Å². The monoisotopic (exact) mass is 328 g/mol. The molecule has 7 heteroatoms. The topological polar surface area (TPSA) is 67.2 Å². The maximum absolute atomic E-state index is 12.8. The predicted octanol–water partition coefficient (Wildman–Crippen LogP) is 1.59. The van der Waals surface area contributed by atoms with Gasteiger partial charge in [0.1, 0.15) is 17.9 Å². The molecule has 3 rings (SSSR count). The van der Waals surface area contributed by atoms with Crippen molar-refractivity contribution >= 4 is 11.7 Å². The molecule has 1 aliphatic heterocycles. The highest BCUT2D eigenvalue weighted by Crippen LogP contribution is 2.37. The summed E-state index contributed by atoms with van der Waals surface area (Å²) in [5, 5.41) is 4.13. The van der Waals surface area contributed by atoms with E-state index in [1.807, 2.05) is 43.0 Å². The first kappa shape index (κ1) is 16.4. The molecular formula is C17H24N6O. The lowest BCUT2D eigenvalue weighted by molar-refractivity contribution is -0.136. The quantitative estimate of drug-likeness (QED) is 0.852. The third kappa shape index (κ3) is 2.98. The summed E-state index contributed by atoms with van der Waals surface area (Å²) in [6.07, 6.45) is 5.31. The molecule has 0 spiro atoms. The number of amides is 1. The van der Waals surface area contributed by atoms with Crippen LogP contribution in [0.1, 0.15) is 31.3 Å². The standard InChI is InChI=1S/C17H24N6O/c1-13-11-14(21(3)4)20-16(19-13)17(2)7-5-10-23(17)15(24)12-22-9-6-8-18-22/h6,8-9,11H,5,7,10,12H2,1-4H3/t17-/m0/s1. The van der Waals surface area contributed by atoms with Gasteiger partial charge in [0.2, 0.25) is 5.91 Å². The largest absolute Gasteiger partial charge is 0.363 e. The maximum Gasteiger partial charge on any atom is 0.245 e. The van der Waals surface area contributed by atoms with Crippen molar-refractivity contribution in [3.8, 4) is 0 Å². The Kier molecular flexibility index (Phi) is 4.26. The van der Waals surface area contributed by atoms with Gasteiger partial charge in [-0.2, -0.15) is 5.10 Å². The van der Waals surface area contributed by atoms with Gasteiger partial charge in [0.15, 0.2) is 5.82 Å². The van der Waals surface area contributed by atoms with Crippen LogP contribution in [0.25, 0.3) is 0 Å². The van der Waals surface area contributed by atoms with Gasteiger partial charge in [0, 0.05) is 44.8 Å². The van der Waals surface area contributed by atoms with E-state index in [1.54, 1.807) is 17.1 Å². The summed E-state index contributed by atoms with van der Waals surface area (Å²) in [4.78, 5) is 26.0. The van der Waals surface area contributed by atoms with Crippen molar-refractivity contribution in [3.63, 3.8) is 0 Å². The molecule has 1 amide bonds. The molecule has 0 radical (unpaired) electrons. The number of carbonyl (C=O) groups is 1. The second-order valence-corrected chi connectivity index (χ2v) is 6.71. The Morgan fingerprint density at radius 3 is 2.83 bits per heavy atom. The van der Waals surface area contributed by atoms with Gasteiger partial charge in [-0.1, -0.05) is 0 Å². The SMILES string of the molecule is Cc1cc(N(C)C)nc([C@]2(C)CCCN2C(=O)Cn2cccn2)n1. The highest BCUT2D eigenvalue weighted by molar-refractivity contribution is 5.77. The van der Waals surface area contributed by atoms with E-state index in [9.17, 15) is 4.79 Å². The molecule has 128 valence electrons. The molecule has 1 aliphatic rings. The van der Waals surface area contributed by atoms with Crippen LogP contribution >= 0.6 is 0 Å². The molecular weight excluding hydrogens is 304 g/mol. The summed E-state index contributed by atoms with van der Waals surface area (Å²) < 4.78 is 1.66. The lowest BCUT2D eigenvalue weighted by Crippen LogP contribution is -2.45. The fraction of sp³-hybridized carbons (Fsp3) is 0.529. The van der Waals surface area contributed by atoms with Crippen LogP contribution in [0.2, 0.25) is 0 Å². The first-order valence-corrected chi connectivity index (χ1v) is 8.21. The second-order valence-electron chi connectivity index (χ2n) is 6.71. The van der Waals surface area contributed by atoms with Crippen molar-refractivity contribution < 1.29 is 4.79 Å². The number of rotatable bonds is 4. The lowest BCUT2D eigenvalue weighted by atomic mass is 9.97. The number of carbonyl (C=O) groups excluding carboxylic acids is 1. The zero-order valence-corrected chi connectivity index (χ0v) is 14.7. The second kappa shape index (κ2) is 6.22. The maximum atomic E-state index is 12.8. The van der Waals surface area contributed by atoms with Crippen molar-refractivity contribution in [2.75, 3.05) is 25.5 Å². The van der Waals surface area contributed by atoms with Crippen LogP contribution in [-0.4, -0.2) is 51.2 Å². The molecule has 24 heavy (non-hydrogen) atoms. The molecule has 0 bridgehead atoms. The number of hydrogen-bond donors (Lipinski definition) is 0. The average Bonchev–Trinajstić information content (AvgIpc) is 3.16. The highest BCUT2D eigenvalue weighted by atomic mass is 16.2. The van der Waals surface area contributed by atoms with Gasteiger partial charge in [-0.25, -0.2) is 9.97 Å². The number of anilines is 1. The predicted molar refractivity (Wildman–Crippen MR) is 91.6 cm³/mol. The van der Waals surface area contributed by atoms with Crippen molar-refractivity contribution in [1.29, 1.82) is 0 Å². The Labute approximate surface area is 142 Å². The zero-order valence-electron chi connectivity index (χ0n) is 14.7. The van der Waals surface area contributed by atoms with Crippen LogP contribution in [-0.2, 0) is 16.9 Å². The van der Waals surface area contributed by atoms with Gasteiger partial charge in [-0.15, -0.1) is 0 Å². The Hall–Kier alpha value is -2.44. The Morgan fingerprint density at radius 1 is 1.38 bits per heavy atom. The number of nitrogens with zero attached hydrogens (tertiary/aromatic N) is 6. The zero-order chi connectivity index (χ0) is 17.3. The molecule has 0 N–H and O–H groups in total. The van der Waals surface area contributed by atoms with Crippen LogP contribution in [0, 0.1) is 6.92 Å². The van der Waals surface area contributed by atoms with E-state index < -0.39 is 5.54 Å². The van der Waals surface area contributed by atoms with E-state index in [0.717, 1.165) is 36.7 Å². The summed E-state index contributed by atoms with van der Waals surface area (Å²) >= 11 is 0. The van der Waals surface area contributed by atoms with Crippen LogP contribution < -0.4 is 4.90 Å². The van der Waals surface area contributed by atoms with Gasteiger partial charge in [0.05, 0.1) is 0 Å². The normalized spacial score (nSPS) is 20.4. The van der Waals surface area contributed by atoms with Gasteiger partial charge in [0.25, 0.3) is 0 Å². The van der Waals surface area contributed by atoms with Crippen molar-refractivity contribution in [1.82, 2.24) is 24.6 Å². The first-order chi connectivity index (χ1) is 11.4. The summed E-state index contributed by atoms with van der Waals surface area (Å²) in [5.74, 6) is 1.64. The number of aryl methyl sites for hydroxylation is 1. The van der Waals surface area contributed by atoms with Crippen molar-refractivity contribution in [2.45, 2.75) is 38.8 Å². The van der Waals surface area contributed by atoms with Crippen LogP contribution in [0.15, 0.2) is 24.5 Å². The average molecular weight is 328 g/mol. The smallest absolute Gasteiger partial charge is 0.245 e. The van der Waals surface area contributed by atoms with E-state index in [4.69, 9.17) is 4.98 Å². The minimum atomic E-state index is -0.471. The number of hydrogen-bond acceptors (Lipinski definition) is 5. The lowest BCUT2D eigenvalue weighted by Gasteiger charge is -2.34. The van der Waals surface area contributed by atoms with E-state index >= 15 is 0 Å². The van der Waals surface area contributed by atoms with Gasteiger partial charge in [-0.05, 0) is 32.8 Å². The van der Waals surface area contributed by atoms with Crippen LogP contribution in [0.3, 0.4) is 0 Å². The summed E-state index contributed by atoms with van der Waals surface area (Å²) in [5.41, 5.74) is 0.442. The van der Waals surface area contributed by atoms with Crippen LogP contribution in [0.5, 0.6) is 0 Å². The van der Waals surface area contributed by atoms with Gasteiger partial charge >= 0.3 is 0 Å². The molecule has 0 aromatic carbocycles. The molecule has 3 heterocycles. The minimum absolute atomic E-state index is 0.0511. The Balaban J connectivity index is 1.91. The molecule has 1 fully saturated rings. The number of likely N-dealkylation sites (tertiary alicyclic amines) is 1. The fourth-order valence-corrected chi connectivity index (χ4v) is 3.24. The molecule has 0 aliphatic carbocycles. The highest BCUT2D eigenvalue weighted by Gasteiger charge is 2.43. The van der Waals surface area contributed by atoms with Crippen LogP contribution in [0.4, 0.5) is 5.82 Å². The number of aromatic nitrogens is 4. The molecule has 2 aromatic rings. The molecule has 2 aromatic heterocycles. The molecule has 7 nitrogen and oxygen atoms in total. The van der Waals surface area contributed by atoms with Gasteiger partial charge < -0.3 is 9.80 Å². The van der Waals surface area contributed by atoms with Crippen molar-refractivity contribution in [3.05, 3.63) is 36.0 Å². The van der Waals surface area contributed by atoms with E-state index in [0.29, 0.717) is 0 Å². The minimum Gasteiger partial charge on any atom is -0.363 e. The molecule has 0 unspecified atom stereocenters. The summed E-state index contributed by atoms with van der Waals surface area (Å²) in [6.45, 7) is 5.00. The fourth-order valence-electron chi connectivity index (χ4n) is 3.24. The summed E-state index contributed by atoms with van der Waals surface area (Å²) in [6, 6.07) is 3.78. The molecule has 0 saturated carbocycles. The Morgan fingerprint density at radius 2 is 2.17 bits per heavy atom. The van der Waals surface area contributed by atoms with E-state index in [2.05, 4.69) is 17.0 Å². The van der Waals surface area contributed by atoms with E-state index in [1.165, 1.54) is 0 Å². The van der Waals surface area contributed by atoms with Gasteiger partial charge in [-0.3, -0.25) is 9.48 Å². The third-order valence-corrected chi connectivity index (χ3v) is 4.58.